The van der Waals surface area contributed by atoms with Crippen molar-refractivity contribution in [1.82, 2.24) is 10.3 Å². The number of aryl methyl sites for hydroxylation is 2. The number of oxime groups is 1. The van der Waals surface area contributed by atoms with Gasteiger partial charge in [0, 0.05) is 12.5 Å². The van der Waals surface area contributed by atoms with Crippen molar-refractivity contribution in [2.75, 3.05) is 0 Å². The Hall–Kier alpha value is -1.63. The summed E-state index contributed by atoms with van der Waals surface area (Å²) in [5.74, 6) is -0.0821. The molecule has 6 nitrogen and oxygen atoms in total. The summed E-state index contributed by atoms with van der Waals surface area (Å²) >= 11 is 1.36. The number of aromatic nitrogens is 1. The van der Waals surface area contributed by atoms with Gasteiger partial charge in [-0.3, -0.25) is 4.79 Å². The molecule has 0 aliphatic heterocycles. The molecule has 17 heavy (non-hydrogen) atoms. The molecule has 1 atom stereocenters. The third-order valence-corrected chi connectivity index (χ3v) is 3.20. The molecule has 0 saturated heterocycles. The van der Waals surface area contributed by atoms with Crippen LogP contribution >= 0.6 is 11.3 Å². The second-order valence-corrected chi connectivity index (χ2v) is 5.02. The lowest BCUT2D eigenvalue weighted by atomic mass is 10.2. The Balaban J connectivity index is 2.63. The van der Waals surface area contributed by atoms with Crippen LogP contribution in [0.5, 0.6) is 0 Å². The van der Waals surface area contributed by atoms with E-state index in [9.17, 15) is 4.79 Å². The molecule has 1 unspecified atom stereocenters. The lowest BCUT2D eigenvalue weighted by Gasteiger charge is -2.12. The summed E-state index contributed by atoms with van der Waals surface area (Å²) in [7, 11) is 0. The summed E-state index contributed by atoms with van der Waals surface area (Å²) in [5.41, 5.74) is 6.08. The van der Waals surface area contributed by atoms with Gasteiger partial charge >= 0.3 is 0 Å². The highest BCUT2D eigenvalue weighted by Gasteiger charge is 2.16. The number of nitrogens with two attached hydrogens (primary N) is 1. The van der Waals surface area contributed by atoms with Gasteiger partial charge in [0.15, 0.2) is 0 Å². The van der Waals surface area contributed by atoms with Gasteiger partial charge in [0.2, 0.25) is 0 Å². The van der Waals surface area contributed by atoms with E-state index in [-0.39, 0.29) is 17.8 Å². The smallest absolute Gasteiger partial charge is 0.263 e. The second-order valence-electron chi connectivity index (χ2n) is 3.82. The average molecular weight is 256 g/mol. The first-order valence-electron chi connectivity index (χ1n) is 5.15. The number of hydrogen-bond acceptors (Lipinski definition) is 5. The van der Waals surface area contributed by atoms with Crippen LogP contribution in [0.3, 0.4) is 0 Å². The zero-order valence-electron chi connectivity index (χ0n) is 10.0. The normalized spacial score (nSPS) is 13.5. The van der Waals surface area contributed by atoms with Crippen molar-refractivity contribution in [3.63, 3.8) is 0 Å². The zero-order chi connectivity index (χ0) is 13.0. The first-order chi connectivity index (χ1) is 7.93. The van der Waals surface area contributed by atoms with Crippen LogP contribution in [0.4, 0.5) is 0 Å². The van der Waals surface area contributed by atoms with Crippen LogP contribution in [-0.4, -0.2) is 28.0 Å². The zero-order valence-corrected chi connectivity index (χ0v) is 10.8. The Morgan fingerprint density at radius 3 is 2.76 bits per heavy atom. The van der Waals surface area contributed by atoms with Crippen LogP contribution in [0.2, 0.25) is 0 Å². The van der Waals surface area contributed by atoms with E-state index < -0.39 is 0 Å². The SMILES string of the molecule is Cc1nc(C)c(C(=O)NC(C)CC(N)=NO)s1. The molecule has 4 N–H and O–H groups in total. The van der Waals surface area contributed by atoms with Gasteiger partial charge in [-0.2, -0.15) is 0 Å². The molecule has 0 aliphatic carbocycles. The molecule has 1 rings (SSSR count). The Kier molecular flexibility index (Phi) is 4.45. The number of thiazole rings is 1. The van der Waals surface area contributed by atoms with Gasteiger partial charge in [-0.05, 0) is 20.8 Å². The summed E-state index contributed by atoms with van der Waals surface area (Å²) < 4.78 is 0. The molecule has 0 aliphatic rings. The van der Waals surface area contributed by atoms with Gasteiger partial charge in [-0.1, -0.05) is 5.16 Å². The van der Waals surface area contributed by atoms with E-state index in [1.165, 1.54) is 11.3 Å². The standard InChI is InChI=1S/C10H16N4O2S/c1-5(4-8(11)14-16)12-10(15)9-6(2)13-7(3)17-9/h5,16H,4H2,1-3H3,(H2,11,14)(H,12,15). The Morgan fingerprint density at radius 2 is 2.29 bits per heavy atom. The molecular formula is C10H16N4O2S. The molecule has 0 spiro atoms. The highest BCUT2D eigenvalue weighted by Crippen LogP contribution is 2.16. The van der Waals surface area contributed by atoms with Gasteiger partial charge in [-0.25, -0.2) is 4.98 Å². The van der Waals surface area contributed by atoms with Gasteiger partial charge in [-0.15, -0.1) is 11.3 Å². The molecule has 1 heterocycles. The molecule has 0 bridgehead atoms. The Morgan fingerprint density at radius 1 is 1.65 bits per heavy atom. The fraction of sp³-hybridized carbons (Fsp3) is 0.500. The minimum Gasteiger partial charge on any atom is -0.409 e. The van der Waals surface area contributed by atoms with Gasteiger partial charge in [0.1, 0.15) is 10.7 Å². The van der Waals surface area contributed by atoms with E-state index in [0.29, 0.717) is 11.3 Å². The number of nitrogens with zero attached hydrogens (tertiary/aromatic N) is 2. The number of nitrogens with one attached hydrogen (secondary N) is 1. The van der Waals surface area contributed by atoms with Crippen LogP contribution in [0.25, 0.3) is 0 Å². The van der Waals surface area contributed by atoms with E-state index in [1.807, 2.05) is 6.92 Å². The average Bonchev–Trinajstić information content (AvgIpc) is 2.57. The summed E-state index contributed by atoms with van der Waals surface area (Å²) in [6, 6.07) is -0.194. The predicted octanol–water partition coefficient (Wildman–Crippen LogP) is 1.01. The molecule has 7 heteroatoms. The lowest BCUT2D eigenvalue weighted by molar-refractivity contribution is 0.0944. The van der Waals surface area contributed by atoms with Crippen molar-refractivity contribution in [3.8, 4) is 0 Å². The van der Waals surface area contributed by atoms with E-state index in [2.05, 4.69) is 15.5 Å². The summed E-state index contributed by atoms with van der Waals surface area (Å²) in [5, 5.41) is 14.9. The van der Waals surface area contributed by atoms with E-state index in [0.717, 1.165) is 10.7 Å². The van der Waals surface area contributed by atoms with Crippen molar-refractivity contribution in [2.45, 2.75) is 33.2 Å². The maximum Gasteiger partial charge on any atom is 0.263 e. The number of carbonyl (C=O) groups excluding carboxylic acids is 1. The fourth-order valence-electron chi connectivity index (χ4n) is 1.44. The largest absolute Gasteiger partial charge is 0.409 e. The van der Waals surface area contributed by atoms with E-state index in [4.69, 9.17) is 10.9 Å². The highest BCUT2D eigenvalue weighted by molar-refractivity contribution is 7.13. The first kappa shape index (κ1) is 13.4. The predicted molar refractivity (Wildman–Crippen MR) is 66.5 cm³/mol. The number of amides is 1. The van der Waals surface area contributed by atoms with Crippen molar-refractivity contribution in [2.24, 2.45) is 10.9 Å². The molecule has 0 saturated carbocycles. The lowest BCUT2D eigenvalue weighted by Crippen LogP contribution is -2.35. The first-order valence-corrected chi connectivity index (χ1v) is 5.97. The fourth-order valence-corrected chi connectivity index (χ4v) is 2.26. The molecule has 0 radical (unpaired) electrons. The number of carbonyl (C=O) groups is 1. The molecule has 0 aromatic carbocycles. The minimum absolute atomic E-state index is 0.0926. The van der Waals surface area contributed by atoms with Crippen molar-refractivity contribution < 1.29 is 10.0 Å². The van der Waals surface area contributed by atoms with Gasteiger partial charge in [0.05, 0.1) is 10.7 Å². The maximum absolute atomic E-state index is 11.9. The van der Waals surface area contributed by atoms with Crippen molar-refractivity contribution in [1.29, 1.82) is 0 Å². The van der Waals surface area contributed by atoms with Crippen LogP contribution in [0, 0.1) is 13.8 Å². The highest BCUT2D eigenvalue weighted by atomic mass is 32.1. The van der Waals surface area contributed by atoms with Crippen molar-refractivity contribution >= 4 is 23.1 Å². The maximum atomic E-state index is 11.9. The summed E-state index contributed by atoms with van der Waals surface area (Å²) in [6.07, 6.45) is 0.305. The molecule has 1 aromatic rings. The minimum atomic E-state index is -0.194. The van der Waals surface area contributed by atoms with E-state index in [1.54, 1.807) is 13.8 Å². The van der Waals surface area contributed by atoms with Crippen LogP contribution in [0.1, 0.15) is 33.7 Å². The Bertz CT molecular complexity index is 442. The van der Waals surface area contributed by atoms with Crippen LogP contribution < -0.4 is 11.1 Å². The van der Waals surface area contributed by atoms with Gasteiger partial charge in [0.25, 0.3) is 5.91 Å². The number of rotatable bonds is 4. The van der Waals surface area contributed by atoms with Crippen molar-refractivity contribution in [3.05, 3.63) is 15.6 Å². The molecular weight excluding hydrogens is 240 g/mol. The number of amidine groups is 1. The third-order valence-electron chi connectivity index (χ3n) is 2.13. The molecule has 0 fully saturated rings. The number of hydrogen-bond donors (Lipinski definition) is 3. The Labute approximate surface area is 104 Å². The van der Waals surface area contributed by atoms with Gasteiger partial charge < -0.3 is 16.3 Å². The third kappa shape index (κ3) is 3.70. The monoisotopic (exact) mass is 256 g/mol. The van der Waals surface area contributed by atoms with Crippen LogP contribution in [0.15, 0.2) is 5.16 Å². The second kappa shape index (κ2) is 5.62. The molecule has 94 valence electrons. The summed E-state index contributed by atoms with van der Waals surface area (Å²) in [6.45, 7) is 5.44. The van der Waals surface area contributed by atoms with Crippen LogP contribution in [-0.2, 0) is 0 Å². The van der Waals surface area contributed by atoms with E-state index >= 15 is 0 Å². The molecule has 1 amide bonds. The quantitative estimate of drug-likeness (QED) is 0.324. The molecule has 1 aromatic heterocycles. The summed E-state index contributed by atoms with van der Waals surface area (Å²) in [4.78, 5) is 16.7. The topological polar surface area (TPSA) is 101 Å².